The minimum atomic E-state index is 0.290. The van der Waals surface area contributed by atoms with Crippen LogP contribution in [-0.4, -0.2) is 30.3 Å². The number of aromatic amines is 2. The third-order valence-corrected chi connectivity index (χ3v) is 2.10. The van der Waals surface area contributed by atoms with Gasteiger partial charge in [-0.25, -0.2) is 4.98 Å². The van der Waals surface area contributed by atoms with Crippen LogP contribution in [0.15, 0.2) is 23.1 Å². The molecule has 0 saturated carbocycles. The van der Waals surface area contributed by atoms with Crippen molar-refractivity contribution in [1.29, 1.82) is 5.26 Å². The van der Waals surface area contributed by atoms with Crippen molar-refractivity contribution < 1.29 is 4.52 Å². The Morgan fingerprint density at radius 2 is 2.35 bits per heavy atom. The zero-order chi connectivity index (χ0) is 11.7. The van der Waals surface area contributed by atoms with Crippen LogP contribution in [0.25, 0.3) is 23.2 Å². The monoisotopic (exact) mass is 227 g/mol. The Bertz CT molecular complexity index is 672. The molecular formula is C9H5N7O. The molecule has 0 spiro atoms. The van der Waals surface area contributed by atoms with Crippen molar-refractivity contribution in [3.8, 4) is 29.3 Å². The highest BCUT2D eigenvalue weighted by Crippen LogP contribution is 2.19. The van der Waals surface area contributed by atoms with E-state index in [1.807, 2.05) is 6.07 Å². The summed E-state index contributed by atoms with van der Waals surface area (Å²) in [7, 11) is 0. The van der Waals surface area contributed by atoms with Gasteiger partial charge in [0.25, 0.3) is 5.89 Å². The molecule has 0 fully saturated rings. The molecule has 82 valence electrons. The standard InChI is InChI=1S/C9H5N7O/c10-2-5-1-6(11-3-5)9-14-8(16-17-9)7-12-4-13-15-7/h1,3-4,11H,(H,12,13,15). The second-order valence-electron chi connectivity index (χ2n) is 3.17. The lowest BCUT2D eigenvalue weighted by Crippen LogP contribution is -1.83. The second kappa shape index (κ2) is 3.57. The fourth-order valence-corrected chi connectivity index (χ4v) is 1.32. The summed E-state index contributed by atoms with van der Waals surface area (Å²) in [6.07, 6.45) is 2.92. The van der Waals surface area contributed by atoms with Crippen molar-refractivity contribution in [3.05, 3.63) is 24.2 Å². The first-order chi connectivity index (χ1) is 8.36. The van der Waals surface area contributed by atoms with Crippen molar-refractivity contribution >= 4 is 0 Å². The maximum atomic E-state index is 8.69. The molecule has 0 bridgehead atoms. The summed E-state index contributed by atoms with van der Waals surface area (Å²) in [6, 6.07) is 3.62. The van der Waals surface area contributed by atoms with Gasteiger partial charge >= 0.3 is 0 Å². The fraction of sp³-hybridized carbons (Fsp3) is 0. The number of H-pyrrole nitrogens is 2. The summed E-state index contributed by atoms with van der Waals surface area (Å²) in [4.78, 5) is 10.9. The Morgan fingerprint density at radius 3 is 3.06 bits per heavy atom. The van der Waals surface area contributed by atoms with Gasteiger partial charge < -0.3 is 9.51 Å². The average molecular weight is 227 g/mol. The summed E-state index contributed by atoms with van der Waals surface area (Å²) < 4.78 is 5.04. The predicted molar refractivity (Wildman–Crippen MR) is 54.2 cm³/mol. The quantitative estimate of drug-likeness (QED) is 0.665. The van der Waals surface area contributed by atoms with Crippen LogP contribution in [0, 0.1) is 11.3 Å². The molecule has 8 nitrogen and oxygen atoms in total. The van der Waals surface area contributed by atoms with Crippen molar-refractivity contribution in [2.45, 2.75) is 0 Å². The largest absolute Gasteiger partial charge is 0.356 e. The van der Waals surface area contributed by atoms with Crippen molar-refractivity contribution in [3.63, 3.8) is 0 Å². The van der Waals surface area contributed by atoms with Gasteiger partial charge in [0.15, 0.2) is 5.82 Å². The van der Waals surface area contributed by atoms with E-state index < -0.39 is 0 Å². The molecule has 0 aromatic carbocycles. The molecule has 17 heavy (non-hydrogen) atoms. The molecule has 0 aliphatic rings. The number of nitriles is 1. The van der Waals surface area contributed by atoms with Gasteiger partial charge in [0, 0.05) is 6.20 Å². The summed E-state index contributed by atoms with van der Waals surface area (Å²) >= 11 is 0. The molecule has 3 heterocycles. The highest BCUT2D eigenvalue weighted by Gasteiger charge is 2.13. The lowest BCUT2D eigenvalue weighted by atomic mass is 10.3. The SMILES string of the molecule is N#Cc1c[nH]c(-c2nc(-c3ncn[nH]3)no2)c1. The van der Waals surface area contributed by atoms with Gasteiger partial charge in [-0.3, -0.25) is 5.10 Å². The molecule has 0 aliphatic heterocycles. The van der Waals surface area contributed by atoms with E-state index in [1.54, 1.807) is 12.3 Å². The molecule has 2 N–H and O–H groups in total. The van der Waals surface area contributed by atoms with E-state index in [9.17, 15) is 0 Å². The van der Waals surface area contributed by atoms with Gasteiger partial charge in [0.1, 0.15) is 18.1 Å². The molecule has 0 unspecified atom stereocenters. The first-order valence-electron chi connectivity index (χ1n) is 4.65. The van der Waals surface area contributed by atoms with Gasteiger partial charge in [-0.05, 0) is 6.07 Å². The number of hydrogen-bond donors (Lipinski definition) is 2. The summed E-state index contributed by atoms with van der Waals surface area (Å²) in [5.41, 5.74) is 1.08. The average Bonchev–Trinajstić information content (AvgIpc) is 3.09. The van der Waals surface area contributed by atoms with E-state index in [-0.39, 0.29) is 5.89 Å². The van der Waals surface area contributed by atoms with Gasteiger partial charge in [-0.1, -0.05) is 5.16 Å². The van der Waals surface area contributed by atoms with E-state index in [1.165, 1.54) is 6.33 Å². The van der Waals surface area contributed by atoms with Crippen LogP contribution in [-0.2, 0) is 0 Å². The van der Waals surface area contributed by atoms with Crippen molar-refractivity contribution in [2.24, 2.45) is 0 Å². The van der Waals surface area contributed by atoms with Crippen molar-refractivity contribution in [1.82, 2.24) is 30.3 Å². The van der Waals surface area contributed by atoms with Crippen LogP contribution in [0.4, 0.5) is 0 Å². The smallest absolute Gasteiger partial charge is 0.274 e. The maximum Gasteiger partial charge on any atom is 0.274 e. The Hall–Kier alpha value is -2.95. The molecule has 3 rings (SSSR count). The van der Waals surface area contributed by atoms with Gasteiger partial charge in [-0.2, -0.15) is 15.3 Å². The Kier molecular flexibility index (Phi) is 1.95. The van der Waals surface area contributed by atoms with Crippen LogP contribution in [0.5, 0.6) is 0 Å². The first kappa shape index (κ1) is 9.29. The normalized spacial score (nSPS) is 10.3. The van der Waals surface area contributed by atoms with E-state index in [0.29, 0.717) is 22.9 Å². The minimum Gasteiger partial charge on any atom is -0.356 e. The molecule has 8 heteroatoms. The lowest BCUT2D eigenvalue weighted by Gasteiger charge is -1.84. The fourth-order valence-electron chi connectivity index (χ4n) is 1.32. The molecule has 3 aromatic heterocycles. The molecule has 0 radical (unpaired) electrons. The molecule has 0 saturated heterocycles. The highest BCUT2D eigenvalue weighted by atomic mass is 16.5. The summed E-state index contributed by atoms with van der Waals surface area (Å²) in [5.74, 6) is 1.02. The van der Waals surface area contributed by atoms with Crippen LogP contribution in [0.2, 0.25) is 0 Å². The van der Waals surface area contributed by atoms with E-state index >= 15 is 0 Å². The number of aromatic nitrogens is 6. The number of hydrogen-bond acceptors (Lipinski definition) is 6. The first-order valence-corrected chi connectivity index (χ1v) is 4.65. The number of nitrogens with one attached hydrogen (secondary N) is 2. The Morgan fingerprint density at radius 1 is 1.41 bits per heavy atom. The summed E-state index contributed by atoms with van der Waals surface area (Å²) in [5, 5.41) is 18.8. The predicted octanol–water partition coefficient (Wildman–Crippen LogP) is 0.721. The van der Waals surface area contributed by atoms with E-state index in [4.69, 9.17) is 9.78 Å². The minimum absolute atomic E-state index is 0.290. The Balaban J connectivity index is 1.98. The molecule has 0 amide bonds. The van der Waals surface area contributed by atoms with Crippen LogP contribution < -0.4 is 0 Å². The number of rotatable bonds is 2. The zero-order valence-electron chi connectivity index (χ0n) is 8.38. The van der Waals surface area contributed by atoms with Gasteiger partial charge in [0.05, 0.1) is 5.56 Å². The van der Waals surface area contributed by atoms with Crippen LogP contribution in [0.1, 0.15) is 5.56 Å². The maximum absolute atomic E-state index is 8.69. The summed E-state index contributed by atoms with van der Waals surface area (Å²) in [6.45, 7) is 0. The second-order valence-corrected chi connectivity index (χ2v) is 3.17. The molecule has 0 aliphatic carbocycles. The van der Waals surface area contributed by atoms with E-state index in [2.05, 4.69) is 30.3 Å². The third-order valence-electron chi connectivity index (χ3n) is 2.10. The molecule has 3 aromatic rings. The van der Waals surface area contributed by atoms with E-state index in [0.717, 1.165) is 0 Å². The number of nitrogens with zero attached hydrogens (tertiary/aromatic N) is 5. The third kappa shape index (κ3) is 1.55. The topological polar surface area (TPSA) is 120 Å². The van der Waals surface area contributed by atoms with Crippen LogP contribution >= 0.6 is 0 Å². The highest BCUT2D eigenvalue weighted by molar-refractivity contribution is 5.54. The molecule has 0 atom stereocenters. The van der Waals surface area contributed by atoms with Gasteiger partial charge in [-0.15, -0.1) is 0 Å². The van der Waals surface area contributed by atoms with Gasteiger partial charge in [0.2, 0.25) is 5.82 Å². The van der Waals surface area contributed by atoms with Crippen molar-refractivity contribution in [2.75, 3.05) is 0 Å². The Labute approximate surface area is 94.3 Å². The van der Waals surface area contributed by atoms with Crippen LogP contribution in [0.3, 0.4) is 0 Å². The molecular weight excluding hydrogens is 222 g/mol. The zero-order valence-corrected chi connectivity index (χ0v) is 8.38. The lowest BCUT2D eigenvalue weighted by molar-refractivity contribution is 0.431.